The van der Waals surface area contributed by atoms with Crippen LogP contribution in [0.3, 0.4) is 0 Å². The first-order chi connectivity index (χ1) is 12.3. The highest BCUT2D eigenvalue weighted by Gasteiger charge is 2.43. The summed E-state index contributed by atoms with van der Waals surface area (Å²) in [6.45, 7) is 9.56. The zero-order valence-electron chi connectivity index (χ0n) is 15.7. The van der Waals surface area contributed by atoms with Crippen LogP contribution in [0.15, 0.2) is 30.0 Å². The SMILES string of the molecule is CC(C)CN1C(=O)C(c2ccc(Cl)cc2)=C(N2CC(C)OC(C)C2)C1=O. The molecule has 5 nitrogen and oxygen atoms in total. The minimum atomic E-state index is -0.229. The van der Waals surface area contributed by atoms with Gasteiger partial charge in [0.2, 0.25) is 0 Å². The molecule has 0 spiro atoms. The molecule has 6 heteroatoms. The number of hydrogen-bond acceptors (Lipinski definition) is 4. The lowest BCUT2D eigenvalue weighted by Gasteiger charge is -2.37. The number of amides is 2. The summed E-state index contributed by atoms with van der Waals surface area (Å²) in [7, 11) is 0. The van der Waals surface area contributed by atoms with Crippen molar-refractivity contribution in [2.45, 2.75) is 39.9 Å². The fraction of sp³-hybridized carbons (Fsp3) is 0.500. The molecule has 2 aliphatic rings. The molecule has 140 valence electrons. The van der Waals surface area contributed by atoms with Crippen LogP contribution in [0.5, 0.6) is 0 Å². The quantitative estimate of drug-likeness (QED) is 0.757. The molecule has 26 heavy (non-hydrogen) atoms. The summed E-state index contributed by atoms with van der Waals surface area (Å²) in [6, 6.07) is 7.09. The number of imide groups is 1. The first-order valence-corrected chi connectivity index (χ1v) is 9.42. The number of halogens is 1. The molecule has 2 atom stereocenters. The van der Waals surface area contributed by atoms with E-state index in [0.29, 0.717) is 35.9 Å². The van der Waals surface area contributed by atoms with Gasteiger partial charge in [-0.05, 0) is 37.5 Å². The molecule has 0 bridgehead atoms. The van der Waals surface area contributed by atoms with Gasteiger partial charge in [0.25, 0.3) is 11.8 Å². The number of carbonyl (C=O) groups excluding carboxylic acids is 2. The van der Waals surface area contributed by atoms with Gasteiger partial charge in [-0.15, -0.1) is 0 Å². The molecule has 1 aromatic carbocycles. The van der Waals surface area contributed by atoms with Crippen LogP contribution in [0.1, 0.15) is 33.3 Å². The van der Waals surface area contributed by atoms with Gasteiger partial charge in [0.1, 0.15) is 5.70 Å². The van der Waals surface area contributed by atoms with Crippen molar-refractivity contribution in [3.63, 3.8) is 0 Å². The zero-order chi connectivity index (χ0) is 19.0. The van der Waals surface area contributed by atoms with Crippen molar-refractivity contribution in [2.24, 2.45) is 5.92 Å². The lowest BCUT2D eigenvalue weighted by Crippen LogP contribution is -2.47. The minimum absolute atomic E-state index is 0.000214. The van der Waals surface area contributed by atoms with Gasteiger partial charge in [-0.2, -0.15) is 0 Å². The molecule has 3 rings (SSSR count). The maximum atomic E-state index is 13.2. The molecule has 2 aliphatic heterocycles. The topological polar surface area (TPSA) is 49.9 Å². The van der Waals surface area contributed by atoms with Crippen molar-refractivity contribution in [3.8, 4) is 0 Å². The number of carbonyl (C=O) groups is 2. The van der Waals surface area contributed by atoms with E-state index in [1.165, 1.54) is 4.90 Å². The average molecular weight is 377 g/mol. The van der Waals surface area contributed by atoms with E-state index in [2.05, 4.69) is 0 Å². The van der Waals surface area contributed by atoms with Crippen LogP contribution in [0, 0.1) is 5.92 Å². The first kappa shape index (κ1) is 18.9. The second kappa shape index (κ2) is 7.41. The second-order valence-corrected chi connectivity index (χ2v) is 7.94. The first-order valence-electron chi connectivity index (χ1n) is 9.04. The highest BCUT2D eigenvalue weighted by atomic mass is 35.5. The lowest BCUT2D eigenvalue weighted by atomic mass is 10.0. The summed E-state index contributed by atoms with van der Waals surface area (Å²) in [4.78, 5) is 29.6. The average Bonchev–Trinajstić information content (AvgIpc) is 2.79. The normalized spacial score (nSPS) is 24.2. The van der Waals surface area contributed by atoms with Gasteiger partial charge in [0.05, 0.1) is 17.8 Å². The number of hydrogen-bond donors (Lipinski definition) is 0. The Morgan fingerprint density at radius 1 is 1.08 bits per heavy atom. The van der Waals surface area contributed by atoms with E-state index in [1.54, 1.807) is 24.3 Å². The summed E-state index contributed by atoms with van der Waals surface area (Å²) in [6.07, 6.45) is -0.000429. The molecule has 0 saturated carbocycles. The Hall–Kier alpha value is -1.85. The predicted molar refractivity (Wildman–Crippen MR) is 102 cm³/mol. The predicted octanol–water partition coefficient (Wildman–Crippen LogP) is 3.19. The van der Waals surface area contributed by atoms with Crippen molar-refractivity contribution in [2.75, 3.05) is 19.6 Å². The smallest absolute Gasteiger partial charge is 0.277 e. The Labute approximate surface area is 159 Å². The summed E-state index contributed by atoms with van der Waals surface area (Å²) < 4.78 is 5.79. The Kier molecular flexibility index (Phi) is 5.39. The fourth-order valence-electron chi connectivity index (χ4n) is 3.62. The molecule has 0 radical (unpaired) electrons. The third-order valence-electron chi connectivity index (χ3n) is 4.56. The zero-order valence-corrected chi connectivity index (χ0v) is 16.4. The van der Waals surface area contributed by atoms with Crippen LogP contribution < -0.4 is 0 Å². The van der Waals surface area contributed by atoms with Crippen molar-refractivity contribution in [1.82, 2.24) is 9.80 Å². The van der Waals surface area contributed by atoms with Crippen molar-refractivity contribution < 1.29 is 14.3 Å². The molecule has 2 amide bonds. The Morgan fingerprint density at radius 2 is 1.65 bits per heavy atom. The number of morpholine rings is 1. The summed E-state index contributed by atoms with van der Waals surface area (Å²) in [5, 5.41) is 0.598. The summed E-state index contributed by atoms with van der Waals surface area (Å²) in [5.41, 5.74) is 1.68. The van der Waals surface area contributed by atoms with E-state index in [-0.39, 0.29) is 29.9 Å². The monoisotopic (exact) mass is 376 g/mol. The van der Waals surface area contributed by atoms with Crippen molar-refractivity contribution in [1.29, 1.82) is 0 Å². The molecule has 1 aromatic rings. The number of rotatable bonds is 4. The van der Waals surface area contributed by atoms with Gasteiger partial charge in [-0.1, -0.05) is 37.6 Å². The van der Waals surface area contributed by atoms with Crippen LogP contribution >= 0.6 is 11.6 Å². The van der Waals surface area contributed by atoms with Crippen LogP contribution in [0.2, 0.25) is 5.02 Å². The van der Waals surface area contributed by atoms with Gasteiger partial charge in [0, 0.05) is 24.7 Å². The summed E-state index contributed by atoms with van der Waals surface area (Å²) in [5.74, 6) is -0.237. The molecule has 0 N–H and O–H groups in total. The largest absolute Gasteiger partial charge is 0.372 e. The van der Waals surface area contributed by atoms with Gasteiger partial charge >= 0.3 is 0 Å². The number of benzene rings is 1. The van der Waals surface area contributed by atoms with Crippen LogP contribution in [0.25, 0.3) is 5.57 Å². The van der Waals surface area contributed by atoms with E-state index in [0.717, 1.165) is 5.56 Å². The standard InChI is InChI=1S/C20H25ClN2O3/c1-12(2)9-23-19(24)17(15-5-7-16(21)8-6-15)18(20(23)25)22-10-13(3)26-14(4)11-22/h5-8,12-14H,9-11H2,1-4H3. The van der Waals surface area contributed by atoms with E-state index in [1.807, 2.05) is 32.6 Å². The van der Waals surface area contributed by atoms with Crippen molar-refractivity contribution >= 4 is 29.0 Å². The minimum Gasteiger partial charge on any atom is -0.372 e. The number of nitrogens with zero attached hydrogens (tertiary/aromatic N) is 2. The van der Waals surface area contributed by atoms with Gasteiger partial charge in [-0.25, -0.2) is 0 Å². The van der Waals surface area contributed by atoms with Gasteiger partial charge in [0.15, 0.2) is 0 Å². The van der Waals surface area contributed by atoms with Gasteiger partial charge in [-0.3, -0.25) is 14.5 Å². The molecular formula is C20H25ClN2O3. The molecule has 2 heterocycles. The summed E-state index contributed by atoms with van der Waals surface area (Å²) >= 11 is 6.00. The Bertz CT molecular complexity index is 732. The molecule has 2 unspecified atom stereocenters. The van der Waals surface area contributed by atoms with E-state index in [9.17, 15) is 9.59 Å². The van der Waals surface area contributed by atoms with Crippen LogP contribution in [-0.4, -0.2) is 53.5 Å². The number of ether oxygens (including phenoxy) is 1. The van der Waals surface area contributed by atoms with Crippen LogP contribution in [-0.2, 0) is 14.3 Å². The maximum absolute atomic E-state index is 13.2. The molecule has 1 fully saturated rings. The fourth-order valence-corrected chi connectivity index (χ4v) is 3.75. The molecule has 1 saturated heterocycles. The van der Waals surface area contributed by atoms with E-state index in [4.69, 9.17) is 16.3 Å². The highest BCUT2D eigenvalue weighted by Crippen LogP contribution is 2.34. The van der Waals surface area contributed by atoms with Crippen molar-refractivity contribution in [3.05, 3.63) is 40.5 Å². The third-order valence-corrected chi connectivity index (χ3v) is 4.81. The third kappa shape index (κ3) is 3.64. The van der Waals surface area contributed by atoms with E-state index < -0.39 is 0 Å². The van der Waals surface area contributed by atoms with Crippen LogP contribution in [0.4, 0.5) is 0 Å². The second-order valence-electron chi connectivity index (χ2n) is 7.51. The van der Waals surface area contributed by atoms with Gasteiger partial charge < -0.3 is 9.64 Å². The Morgan fingerprint density at radius 3 is 2.19 bits per heavy atom. The lowest BCUT2D eigenvalue weighted by molar-refractivity contribution is -0.138. The Balaban J connectivity index is 2.07. The molecule has 0 aliphatic carbocycles. The van der Waals surface area contributed by atoms with E-state index >= 15 is 0 Å². The highest BCUT2D eigenvalue weighted by molar-refractivity contribution is 6.36. The molecule has 0 aromatic heterocycles. The molecular weight excluding hydrogens is 352 g/mol. The maximum Gasteiger partial charge on any atom is 0.277 e.